The highest BCUT2D eigenvalue weighted by atomic mass is 79.9. The smallest absolute Gasteiger partial charge is 0.340 e. The van der Waals surface area contributed by atoms with Gasteiger partial charge in [-0.3, -0.25) is 4.79 Å². The van der Waals surface area contributed by atoms with Crippen LogP contribution in [0.4, 0.5) is 5.69 Å². The SMILES string of the molecule is COC(=O)c1cc(Br)cc(Br)c1NC(=O)C(C)OC. The summed E-state index contributed by atoms with van der Waals surface area (Å²) in [6, 6.07) is 3.29. The fourth-order valence-electron chi connectivity index (χ4n) is 1.30. The summed E-state index contributed by atoms with van der Waals surface area (Å²) in [6.45, 7) is 1.61. The summed E-state index contributed by atoms with van der Waals surface area (Å²) in [4.78, 5) is 23.5. The summed E-state index contributed by atoms with van der Waals surface area (Å²) in [5.41, 5.74) is 0.601. The average molecular weight is 395 g/mol. The van der Waals surface area contributed by atoms with Crippen molar-refractivity contribution in [3.05, 3.63) is 26.6 Å². The van der Waals surface area contributed by atoms with Gasteiger partial charge in [-0.2, -0.15) is 0 Å². The Kier molecular flexibility index (Phi) is 5.96. The molecule has 0 heterocycles. The molecule has 0 bridgehead atoms. The predicted molar refractivity (Wildman–Crippen MR) is 78.3 cm³/mol. The number of hydrogen-bond acceptors (Lipinski definition) is 4. The molecule has 1 rings (SSSR count). The topological polar surface area (TPSA) is 64.6 Å². The van der Waals surface area contributed by atoms with E-state index in [9.17, 15) is 9.59 Å². The second kappa shape index (κ2) is 7.02. The number of anilines is 1. The van der Waals surface area contributed by atoms with Crippen molar-refractivity contribution >= 4 is 49.4 Å². The zero-order valence-corrected chi connectivity index (χ0v) is 13.8. The van der Waals surface area contributed by atoms with Crippen molar-refractivity contribution in [1.29, 1.82) is 0 Å². The molecule has 0 saturated heterocycles. The Labute approximate surface area is 127 Å². The number of carbonyl (C=O) groups excluding carboxylic acids is 2. The molecule has 0 saturated carbocycles. The maximum atomic E-state index is 11.8. The summed E-state index contributed by atoms with van der Waals surface area (Å²) >= 11 is 6.58. The molecule has 1 unspecified atom stereocenters. The van der Waals surface area contributed by atoms with Crippen LogP contribution in [0, 0.1) is 0 Å². The van der Waals surface area contributed by atoms with Gasteiger partial charge >= 0.3 is 5.97 Å². The Morgan fingerprint density at radius 2 is 1.89 bits per heavy atom. The van der Waals surface area contributed by atoms with E-state index >= 15 is 0 Å². The van der Waals surface area contributed by atoms with E-state index in [1.54, 1.807) is 19.1 Å². The Morgan fingerprint density at radius 3 is 2.42 bits per heavy atom. The minimum absolute atomic E-state index is 0.250. The maximum absolute atomic E-state index is 11.8. The lowest BCUT2D eigenvalue weighted by Gasteiger charge is -2.15. The minimum atomic E-state index is -0.624. The van der Waals surface area contributed by atoms with Gasteiger partial charge in [0.2, 0.25) is 0 Å². The third kappa shape index (κ3) is 4.02. The van der Waals surface area contributed by atoms with E-state index in [0.717, 1.165) is 0 Å². The molecule has 1 amide bonds. The van der Waals surface area contributed by atoms with Crippen LogP contribution >= 0.6 is 31.9 Å². The van der Waals surface area contributed by atoms with Crippen LogP contribution in [0.3, 0.4) is 0 Å². The van der Waals surface area contributed by atoms with Gasteiger partial charge in [-0.25, -0.2) is 4.79 Å². The molecule has 0 aliphatic heterocycles. The fourth-order valence-corrected chi connectivity index (χ4v) is 2.63. The first-order valence-electron chi connectivity index (χ1n) is 5.31. The van der Waals surface area contributed by atoms with Crippen molar-refractivity contribution < 1.29 is 19.1 Å². The normalized spacial score (nSPS) is 11.8. The zero-order valence-electron chi connectivity index (χ0n) is 10.6. The van der Waals surface area contributed by atoms with Gasteiger partial charge in [0.25, 0.3) is 5.91 Å². The van der Waals surface area contributed by atoms with Gasteiger partial charge in [-0.15, -0.1) is 0 Å². The highest BCUT2D eigenvalue weighted by Gasteiger charge is 2.20. The molecule has 19 heavy (non-hydrogen) atoms. The van der Waals surface area contributed by atoms with Crippen LogP contribution in [0.1, 0.15) is 17.3 Å². The second-order valence-corrected chi connectivity index (χ2v) is 5.44. The molecule has 1 atom stereocenters. The number of esters is 1. The quantitative estimate of drug-likeness (QED) is 0.797. The van der Waals surface area contributed by atoms with Crippen molar-refractivity contribution in [2.75, 3.05) is 19.5 Å². The first kappa shape index (κ1) is 16.1. The summed E-state index contributed by atoms with van der Waals surface area (Å²) in [5, 5.41) is 2.64. The third-order valence-corrected chi connectivity index (χ3v) is 3.51. The number of benzene rings is 1. The molecular weight excluding hydrogens is 382 g/mol. The highest BCUT2D eigenvalue weighted by molar-refractivity contribution is 9.11. The number of hydrogen-bond donors (Lipinski definition) is 1. The molecule has 1 aromatic rings. The molecule has 5 nitrogen and oxygen atoms in total. The largest absolute Gasteiger partial charge is 0.465 e. The summed E-state index contributed by atoms with van der Waals surface area (Å²) < 4.78 is 10.9. The molecule has 1 N–H and O–H groups in total. The van der Waals surface area contributed by atoms with Crippen LogP contribution in [-0.2, 0) is 14.3 Å². The molecule has 0 spiro atoms. The number of methoxy groups -OCH3 is 2. The summed E-state index contributed by atoms with van der Waals surface area (Å²) in [7, 11) is 2.71. The molecule has 0 aliphatic rings. The van der Waals surface area contributed by atoms with E-state index in [1.807, 2.05) is 0 Å². The van der Waals surface area contributed by atoms with Gasteiger partial charge in [0.15, 0.2) is 0 Å². The van der Waals surface area contributed by atoms with Crippen LogP contribution in [0.2, 0.25) is 0 Å². The number of carbonyl (C=O) groups is 2. The lowest BCUT2D eigenvalue weighted by atomic mass is 10.1. The van der Waals surface area contributed by atoms with E-state index in [4.69, 9.17) is 9.47 Å². The van der Waals surface area contributed by atoms with Gasteiger partial charge in [-0.05, 0) is 35.0 Å². The predicted octanol–water partition coefficient (Wildman–Crippen LogP) is 2.97. The number of rotatable bonds is 4. The van der Waals surface area contributed by atoms with Crippen LogP contribution in [0.5, 0.6) is 0 Å². The lowest BCUT2D eigenvalue weighted by Crippen LogP contribution is -2.27. The van der Waals surface area contributed by atoms with Gasteiger partial charge in [0.1, 0.15) is 6.10 Å². The van der Waals surface area contributed by atoms with E-state index in [0.29, 0.717) is 14.6 Å². The zero-order chi connectivity index (χ0) is 14.6. The standard InChI is InChI=1S/C12H13Br2NO4/c1-6(18-2)11(16)15-10-8(12(17)19-3)4-7(13)5-9(10)14/h4-6H,1-3H3,(H,15,16). The van der Waals surface area contributed by atoms with Crippen molar-refractivity contribution in [3.8, 4) is 0 Å². The van der Waals surface area contributed by atoms with Crippen molar-refractivity contribution in [3.63, 3.8) is 0 Å². The van der Waals surface area contributed by atoms with Crippen LogP contribution in [-0.4, -0.2) is 32.2 Å². The van der Waals surface area contributed by atoms with Gasteiger partial charge in [0.05, 0.1) is 18.4 Å². The molecule has 0 radical (unpaired) electrons. The minimum Gasteiger partial charge on any atom is -0.465 e. The first-order chi connectivity index (χ1) is 8.90. The first-order valence-corrected chi connectivity index (χ1v) is 6.90. The van der Waals surface area contributed by atoms with Crippen molar-refractivity contribution in [2.45, 2.75) is 13.0 Å². The molecular formula is C12H13Br2NO4. The van der Waals surface area contributed by atoms with Gasteiger partial charge < -0.3 is 14.8 Å². The highest BCUT2D eigenvalue weighted by Crippen LogP contribution is 2.31. The third-order valence-electron chi connectivity index (χ3n) is 2.43. The summed E-state index contributed by atoms with van der Waals surface area (Å²) in [6.07, 6.45) is -0.624. The number of amides is 1. The number of halogens is 2. The molecule has 7 heteroatoms. The van der Waals surface area contributed by atoms with Crippen molar-refractivity contribution in [1.82, 2.24) is 0 Å². The number of ether oxygens (including phenoxy) is 2. The monoisotopic (exact) mass is 393 g/mol. The second-order valence-electron chi connectivity index (χ2n) is 3.67. The fraction of sp³-hybridized carbons (Fsp3) is 0.333. The van der Waals surface area contributed by atoms with Crippen molar-refractivity contribution in [2.24, 2.45) is 0 Å². The average Bonchev–Trinajstić information content (AvgIpc) is 2.39. The van der Waals surface area contributed by atoms with E-state index in [2.05, 4.69) is 37.2 Å². The number of nitrogens with one attached hydrogen (secondary N) is 1. The van der Waals surface area contributed by atoms with Gasteiger partial charge in [0, 0.05) is 16.1 Å². The molecule has 0 aliphatic carbocycles. The van der Waals surface area contributed by atoms with Crippen LogP contribution in [0.15, 0.2) is 21.1 Å². The van der Waals surface area contributed by atoms with Crippen LogP contribution in [0.25, 0.3) is 0 Å². The maximum Gasteiger partial charge on any atom is 0.340 e. The molecule has 104 valence electrons. The molecule has 1 aromatic carbocycles. The van der Waals surface area contributed by atoms with Gasteiger partial charge in [-0.1, -0.05) is 15.9 Å². The Hall–Kier alpha value is -0.920. The molecule has 0 fully saturated rings. The van der Waals surface area contributed by atoms with E-state index in [-0.39, 0.29) is 11.5 Å². The molecule has 0 aromatic heterocycles. The Morgan fingerprint density at radius 1 is 1.26 bits per heavy atom. The summed E-state index contributed by atoms with van der Waals surface area (Å²) in [5.74, 6) is -0.891. The van der Waals surface area contributed by atoms with E-state index in [1.165, 1.54) is 14.2 Å². The van der Waals surface area contributed by atoms with E-state index < -0.39 is 12.1 Å². The Balaban J connectivity index is 3.18. The van der Waals surface area contributed by atoms with Crippen LogP contribution < -0.4 is 5.32 Å². The Bertz CT molecular complexity index is 505. The lowest BCUT2D eigenvalue weighted by molar-refractivity contribution is -0.124.